The van der Waals surface area contributed by atoms with Crippen LogP contribution < -0.4 is 15.2 Å². The summed E-state index contributed by atoms with van der Waals surface area (Å²) < 4.78 is 15.8. The molecule has 0 saturated heterocycles. The molecule has 7 heteroatoms. The molecule has 0 aromatic heterocycles. The van der Waals surface area contributed by atoms with Gasteiger partial charge in [0.1, 0.15) is 12.1 Å². The molecule has 1 heterocycles. The van der Waals surface area contributed by atoms with E-state index in [9.17, 15) is 9.90 Å². The van der Waals surface area contributed by atoms with Crippen molar-refractivity contribution in [2.45, 2.75) is 25.5 Å². The van der Waals surface area contributed by atoms with Gasteiger partial charge in [-0.3, -0.25) is 4.79 Å². The third-order valence-electron chi connectivity index (χ3n) is 3.06. The molecule has 3 N–H and O–H groups in total. The average molecular weight is 316 g/mol. The fraction of sp³-hybridized carbons (Fsp3) is 0.500. The summed E-state index contributed by atoms with van der Waals surface area (Å²) in [6.45, 7) is 2.87. The van der Waals surface area contributed by atoms with Crippen molar-refractivity contribution < 1.29 is 24.1 Å². The molecule has 116 valence electrons. The van der Waals surface area contributed by atoms with Crippen LogP contribution in [0.1, 0.15) is 25.0 Å². The molecule has 1 aromatic carbocycles. The molecule has 1 aliphatic rings. The molecule has 0 spiro atoms. The summed E-state index contributed by atoms with van der Waals surface area (Å²) in [5.41, 5.74) is 6.08. The van der Waals surface area contributed by atoms with Crippen LogP contribution in [0.15, 0.2) is 12.1 Å². The molecule has 21 heavy (non-hydrogen) atoms. The van der Waals surface area contributed by atoms with E-state index in [1.165, 1.54) is 6.07 Å². The first-order valence-corrected chi connectivity index (χ1v) is 7.11. The lowest BCUT2D eigenvalue weighted by molar-refractivity contribution is -0.147. The number of aliphatic hydroxyl groups excluding tert-OH is 1. The van der Waals surface area contributed by atoms with Crippen molar-refractivity contribution in [3.63, 3.8) is 0 Å². The van der Waals surface area contributed by atoms with Gasteiger partial charge in [0.05, 0.1) is 24.8 Å². The predicted octanol–water partition coefficient (Wildman–Crippen LogP) is 1.43. The van der Waals surface area contributed by atoms with E-state index in [4.69, 9.17) is 31.5 Å². The van der Waals surface area contributed by atoms with Crippen molar-refractivity contribution in [1.29, 1.82) is 0 Å². The second kappa shape index (κ2) is 6.98. The van der Waals surface area contributed by atoms with Gasteiger partial charge in [0.15, 0.2) is 11.5 Å². The number of ether oxygens (including phenoxy) is 3. The van der Waals surface area contributed by atoms with E-state index >= 15 is 0 Å². The monoisotopic (exact) mass is 315 g/mol. The molecule has 6 nitrogen and oxygen atoms in total. The zero-order valence-electron chi connectivity index (χ0n) is 11.7. The van der Waals surface area contributed by atoms with Crippen LogP contribution in [0.3, 0.4) is 0 Å². The first kappa shape index (κ1) is 15.9. The number of hydrogen-bond donors (Lipinski definition) is 2. The fourth-order valence-electron chi connectivity index (χ4n) is 2.00. The molecule has 0 saturated carbocycles. The smallest absolute Gasteiger partial charge is 0.325 e. The molecule has 0 aliphatic carbocycles. The van der Waals surface area contributed by atoms with Crippen LogP contribution in [0.5, 0.6) is 11.5 Å². The molecule has 0 bridgehead atoms. The van der Waals surface area contributed by atoms with Gasteiger partial charge in [-0.05, 0) is 24.6 Å². The first-order chi connectivity index (χ1) is 10.0. The SMILES string of the molecule is CCOC(=O)C(N)C(O)c1cc(Cl)c2c(c1)OCCCO2. The Labute approximate surface area is 127 Å². The van der Waals surface area contributed by atoms with Gasteiger partial charge in [0.2, 0.25) is 0 Å². The molecule has 2 atom stereocenters. The summed E-state index contributed by atoms with van der Waals surface area (Å²) in [5, 5.41) is 10.5. The van der Waals surface area contributed by atoms with E-state index in [2.05, 4.69) is 0 Å². The van der Waals surface area contributed by atoms with E-state index in [1.807, 2.05) is 0 Å². The standard InChI is InChI=1S/C14H18ClNO5/c1-2-19-14(18)11(16)12(17)8-6-9(15)13-10(7-8)20-4-3-5-21-13/h6-7,11-12,17H,2-5,16H2,1H3. The fourth-order valence-corrected chi connectivity index (χ4v) is 2.27. The van der Waals surface area contributed by atoms with Crippen molar-refractivity contribution in [3.05, 3.63) is 22.7 Å². The number of halogens is 1. The Morgan fingerprint density at radius 3 is 2.90 bits per heavy atom. The number of carbonyl (C=O) groups is 1. The maximum Gasteiger partial charge on any atom is 0.325 e. The van der Waals surface area contributed by atoms with Crippen LogP contribution in [-0.2, 0) is 9.53 Å². The molecule has 2 rings (SSSR count). The summed E-state index contributed by atoms with van der Waals surface area (Å²) in [7, 11) is 0. The topological polar surface area (TPSA) is 91.0 Å². The van der Waals surface area contributed by atoms with E-state index in [1.54, 1.807) is 13.0 Å². The number of esters is 1. The lowest BCUT2D eigenvalue weighted by atomic mass is 10.0. The Morgan fingerprint density at radius 1 is 1.48 bits per heavy atom. The number of carbonyl (C=O) groups excluding carboxylic acids is 1. The van der Waals surface area contributed by atoms with Gasteiger partial charge >= 0.3 is 5.97 Å². The van der Waals surface area contributed by atoms with E-state index in [-0.39, 0.29) is 6.61 Å². The number of aliphatic hydroxyl groups is 1. The van der Waals surface area contributed by atoms with Crippen molar-refractivity contribution in [1.82, 2.24) is 0 Å². The summed E-state index contributed by atoms with van der Waals surface area (Å²) in [6, 6.07) is 1.90. The molecular weight excluding hydrogens is 298 g/mol. The highest BCUT2D eigenvalue weighted by Crippen LogP contribution is 2.39. The van der Waals surface area contributed by atoms with Crippen LogP contribution in [0.4, 0.5) is 0 Å². The van der Waals surface area contributed by atoms with Gasteiger partial charge < -0.3 is 25.1 Å². The Balaban J connectivity index is 2.25. The van der Waals surface area contributed by atoms with Crippen molar-refractivity contribution in [3.8, 4) is 11.5 Å². The Kier molecular flexibility index (Phi) is 5.27. The number of fused-ring (bicyclic) bond motifs is 1. The average Bonchev–Trinajstić information content (AvgIpc) is 2.71. The molecule has 1 aromatic rings. The third kappa shape index (κ3) is 3.58. The lowest BCUT2D eigenvalue weighted by Crippen LogP contribution is -2.38. The van der Waals surface area contributed by atoms with Crippen LogP contribution in [0.2, 0.25) is 5.02 Å². The van der Waals surface area contributed by atoms with Crippen LogP contribution in [0, 0.1) is 0 Å². The van der Waals surface area contributed by atoms with Crippen molar-refractivity contribution >= 4 is 17.6 Å². The Morgan fingerprint density at radius 2 is 2.19 bits per heavy atom. The van der Waals surface area contributed by atoms with Crippen molar-refractivity contribution in [2.24, 2.45) is 5.73 Å². The minimum atomic E-state index is -1.24. The van der Waals surface area contributed by atoms with Gasteiger partial charge in [0, 0.05) is 6.42 Å². The third-order valence-corrected chi connectivity index (χ3v) is 3.35. The summed E-state index contributed by atoms with van der Waals surface area (Å²) in [5.74, 6) is 0.202. The summed E-state index contributed by atoms with van der Waals surface area (Å²) in [4.78, 5) is 11.6. The summed E-state index contributed by atoms with van der Waals surface area (Å²) in [6.07, 6.45) is -0.496. The molecule has 0 fully saturated rings. The van der Waals surface area contributed by atoms with E-state index in [0.29, 0.717) is 35.3 Å². The minimum absolute atomic E-state index is 0.196. The molecule has 1 aliphatic heterocycles. The highest BCUT2D eigenvalue weighted by molar-refractivity contribution is 6.32. The lowest BCUT2D eigenvalue weighted by Gasteiger charge is -2.19. The van der Waals surface area contributed by atoms with E-state index < -0.39 is 18.1 Å². The van der Waals surface area contributed by atoms with Crippen LogP contribution in [-0.4, -0.2) is 36.9 Å². The van der Waals surface area contributed by atoms with Gasteiger partial charge in [-0.15, -0.1) is 0 Å². The van der Waals surface area contributed by atoms with Gasteiger partial charge in [-0.2, -0.15) is 0 Å². The number of nitrogens with two attached hydrogens (primary N) is 1. The minimum Gasteiger partial charge on any atom is -0.489 e. The second-order valence-corrected chi connectivity index (χ2v) is 5.01. The largest absolute Gasteiger partial charge is 0.489 e. The number of hydrogen-bond acceptors (Lipinski definition) is 6. The maximum absolute atomic E-state index is 11.6. The molecule has 0 radical (unpaired) electrons. The Hall–Kier alpha value is -1.50. The van der Waals surface area contributed by atoms with Gasteiger partial charge in [0.25, 0.3) is 0 Å². The van der Waals surface area contributed by atoms with Gasteiger partial charge in [-0.25, -0.2) is 0 Å². The first-order valence-electron chi connectivity index (χ1n) is 6.74. The normalized spacial score (nSPS) is 16.8. The van der Waals surface area contributed by atoms with Crippen molar-refractivity contribution in [2.75, 3.05) is 19.8 Å². The zero-order valence-corrected chi connectivity index (χ0v) is 12.4. The number of benzene rings is 1. The quantitative estimate of drug-likeness (QED) is 0.817. The molecule has 0 amide bonds. The molecule has 2 unspecified atom stereocenters. The van der Waals surface area contributed by atoms with Crippen LogP contribution >= 0.6 is 11.6 Å². The highest BCUT2D eigenvalue weighted by Gasteiger charge is 2.27. The Bertz CT molecular complexity index is 522. The van der Waals surface area contributed by atoms with E-state index in [0.717, 1.165) is 6.42 Å². The highest BCUT2D eigenvalue weighted by atomic mass is 35.5. The molecular formula is C14H18ClNO5. The predicted molar refractivity (Wildman–Crippen MR) is 76.6 cm³/mol. The summed E-state index contributed by atoms with van der Waals surface area (Å²) >= 11 is 6.14. The maximum atomic E-state index is 11.6. The zero-order chi connectivity index (χ0) is 15.4. The van der Waals surface area contributed by atoms with Gasteiger partial charge in [-0.1, -0.05) is 11.6 Å². The van der Waals surface area contributed by atoms with Crippen LogP contribution in [0.25, 0.3) is 0 Å². The second-order valence-electron chi connectivity index (χ2n) is 4.60. The number of rotatable bonds is 4.